The normalized spacial score (nSPS) is 10.5. The van der Waals surface area contributed by atoms with Gasteiger partial charge in [-0.05, 0) is 24.3 Å². The second-order valence-corrected chi connectivity index (χ2v) is 5.62. The molecule has 130 valence electrons. The molecule has 0 aliphatic heterocycles. The molecule has 0 bridgehead atoms. The lowest BCUT2D eigenvalue weighted by Crippen LogP contribution is -2.37. The number of rotatable bonds is 7. The highest BCUT2D eigenvalue weighted by atomic mass is 35.5. The van der Waals surface area contributed by atoms with Gasteiger partial charge in [0.1, 0.15) is 5.75 Å². The first kappa shape index (κ1) is 18.8. The highest BCUT2D eigenvalue weighted by Crippen LogP contribution is 2.21. The van der Waals surface area contributed by atoms with Crippen molar-refractivity contribution in [3.05, 3.63) is 64.1 Å². The maximum absolute atomic E-state index is 11.6. The Morgan fingerprint density at radius 1 is 1.00 bits per heavy atom. The van der Waals surface area contributed by atoms with Crippen LogP contribution in [0.15, 0.2) is 53.6 Å². The Balaban J connectivity index is 1.71. The first-order valence-corrected chi connectivity index (χ1v) is 8.02. The molecule has 2 aromatic rings. The summed E-state index contributed by atoms with van der Waals surface area (Å²) in [4.78, 5) is 23.3. The fraction of sp³-hybridized carbons (Fsp3) is 0.118. The number of ether oxygens (including phenoxy) is 1. The third-order valence-electron chi connectivity index (χ3n) is 2.94. The highest BCUT2D eigenvalue weighted by Gasteiger charge is 2.06. The number of carbonyl (C=O) groups is 2. The minimum atomic E-state index is -0.493. The van der Waals surface area contributed by atoms with Crippen molar-refractivity contribution in [2.75, 3.05) is 13.2 Å². The van der Waals surface area contributed by atoms with Gasteiger partial charge in [-0.15, -0.1) is 0 Å². The van der Waals surface area contributed by atoms with Gasteiger partial charge < -0.3 is 10.1 Å². The van der Waals surface area contributed by atoms with E-state index >= 15 is 0 Å². The van der Waals surface area contributed by atoms with E-state index in [1.807, 2.05) is 6.07 Å². The Bertz CT molecular complexity index is 747. The van der Waals surface area contributed by atoms with Crippen molar-refractivity contribution in [2.45, 2.75) is 0 Å². The third-order valence-corrected chi connectivity index (χ3v) is 3.60. The summed E-state index contributed by atoms with van der Waals surface area (Å²) in [5, 5.41) is 7.01. The number of hydrogen-bond donors (Lipinski definition) is 2. The summed E-state index contributed by atoms with van der Waals surface area (Å²) in [7, 11) is 0. The average molecular weight is 380 g/mol. The fourth-order valence-electron chi connectivity index (χ4n) is 1.74. The molecule has 0 unspecified atom stereocenters. The van der Waals surface area contributed by atoms with Crippen LogP contribution in [0.4, 0.5) is 0 Å². The van der Waals surface area contributed by atoms with Crippen LogP contribution in [0, 0.1) is 0 Å². The molecule has 8 heteroatoms. The maximum Gasteiger partial charge on any atom is 0.259 e. The summed E-state index contributed by atoms with van der Waals surface area (Å²) in [5.74, 6) is -0.340. The van der Waals surface area contributed by atoms with Crippen LogP contribution < -0.4 is 15.5 Å². The molecule has 2 amide bonds. The monoisotopic (exact) mass is 379 g/mol. The van der Waals surface area contributed by atoms with Crippen molar-refractivity contribution in [3.63, 3.8) is 0 Å². The molecule has 0 fully saturated rings. The van der Waals surface area contributed by atoms with Crippen LogP contribution in [0.2, 0.25) is 10.0 Å². The Labute approximate surface area is 154 Å². The number of hydrazone groups is 1. The van der Waals surface area contributed by atoms with Crippen molar-refractivity contribution < 1.29 is 14.3 Å². The number of halogens is 2. The molecular formula is C17H15Cl2N3O3. The fourth-order valence-corrected chi connectivity index (χ4v) is 2.23. The van der Waals surface area contributed by atoms with Gasteiger partial charge in [0.15, 0.2) is 6.61 Å². The molecule has 2 N–H and O–H groups in total. The van der Waals surface area contributed by atoms with Gasteiger partial charge in [0.05, 0.1) is 22.8 Å². The molecule has 6 nitrogen and oxygen atoms in total. The number of amides is 2. The van der Waals surface area contributed by atoms with Gasteiger partial charge in [0.2, 0.25) is 0 Å². The number of carbonyl (C=O) groups excluding carboxylic acids is 2. The summed E-state index contributed by atoms with van der Waals surface area (Å²) < 4.78 is 5.26. The molecule has 0 saturated carbocycles. The van der Waals surface area contributed by atoms with E-state index in [4.69, 9.17) is 27.9 Å². The summed E-state index contributed by atoms with van der Waals surface area (Å²) in [6, 6.07) is 13.9. The predicted molar refractivity (Wildman–Crippen MR) is 97.1 cm³/mol. The number of benzene rings is 2. The Kier molecular flexibility index (Phi) is 7.25. The van der Waals surface area contributed by atoms with Crippen LogP contribution in [0.5, 0.6) is 5.75 Å². The zero-order valence-electron chi connectivity index (χ0n) is 13.0. The van der Waals surface area contributed by atoms with Crippen LogP contribution in [0.1, 0.15) is 5.56 Å². The molecule has 0 heterocycles. The quantitative estimate of drug-likeness (QED) is 0.573. The Hall–Kier alpha value is -2.57. The van der Waals surface area contributed by atoms with Crippen LogP contribution in [-0.2, 0) is 9.59 Å². The van der Waals surface area contributed by atoms with E-state index in [2.05, 4.69) is 15.8 Å². The topological polar surface area (TPSA) is 79.8 Å². The van der Waals surface area contributed by atoms with Crippen LogP contribution >= 0.6 is 23.2 Å². The van der Waals surface area contributed by atoms with E-state index in [1.165, 1.54) is 6.21 Å². The zero-order chi connectivity index (χ0) is 18.1. The van der Waals surface area contributed by atoms with E-state index in [0.717, 1.165) is 0 Å². The van der Waals surface area contributed by atoms with E-state index in [1.54, 1.807) is 42.5 Å². The highest BCUT2D eigenvalue weighted by molar-refractivity contribution is 6.38. The predicted octanol–water partition coefficient (Wildman–Crippen LogP) is 2.64. The maximum atomic E-state index is 11.6. The first-order valence-electron chi connectivity index (χ1n) is 7.26. The van der Waals surface area contributed by atoms with Gasteiger partial charge in [0.25, 0.3) is 11.8 Å². The van der Waals surface area contributed by atoms with Gasteiger partial charge in [-0.3, -0.25) is 9.59 Å². The summed E-state index contributed by atoms with van der Waals surface area (Å²) in [5.41, 5.74) is 2.76. The molecule has 0 saturated heterocycles. The van der Waals surface area contributed by atoms with Crippen molar-refractivity contribution in [1.82, 2.24) is 10.7 Å². The van der Waals surface area contributed by atoms with E-state index in [0.29, 0.717) is 21.4 Å². The molecule has 0 aliphatic carbocycles. The molecule has 0 atom stereocenters. The van der Waals surface area contributed by atoms with Crippen LogP contribution in [0.3, 0.4) is 0 Å². The SMILES string of the molecule is O=C(COc1ccccc1)NCC(=O)N/N=C\c1c(Cl)cccc1Cl. The molecule has 25 heavy (non-hydrogen) atoms. The molecule has 2 rings (SSSR count). The molecular weight excluding hydrogens is 365 g/mol. The molecule has 2 aromatic carbocycles. The first-order chi connectivity index (χ1) is 12.1. The number of hydrogen-bond acceptors (Lipinski definition) is 4. The molecule has 0 spiro atoms. The second kappa shape index (κ2) is 9.66. The summed E-state index contributed by atoms with van der Waals surface area (Å²) >= 11 is 11.9. The number of para-hydroxylation sites is 1. The Morgan fingerprint density at radius 2 is 1.68 bits per heavy atom. The second-order valence-electron chi connectivity index (χ2n) is 4.81. The largest absolute Gasteiger partial charge is 0.484 e. The standard InChI is InChI=1S/C17H15Cl2N3O3/c18-14-7-4-8-15(19)13(14)9-21-22-16(23)10-20-17(24)11-25-12-5-2-1-3-6-12/h1-9H,10-11H2,(H,20,24)(H,22,23)/b21-9-. The van der Waals surface area contributed by atoms with E-state index < -0.39 is 11.8 Å². The van der Waals surface area contributed by atoms with Crippen LogP contribution in [-0.4, -0.2) is 31.2 Å². The van der Waals surface area contributed by atoms with Gasteiger partial charge in [-0.2, -0.15) is 5.10 Å². The van der Waals surface area contributed by atoms with E-state index in [-0.39, 0.29) is 13.2 Å². The minimum Gasteiger partial charge on any atom is -0.484 e. The lowest BCUT2D eigenvalue weighted by molar-refractivity contribution is -0.127. The van der Waals surface area contributed by atoms with Crippen LogP contribution in [0.25, 0.3) is 0 Å². The minimum absolute atomic E-state index is 0.185. The number of nitrogens with zero attached hydrogens (tertiary/aromatic N) is 1. The van der Waals surface area contributed by atoms with Gasteiger partial charge in [-0.1, -0.05) is 47.5 Å². The van der Waals surface area contributed by atoms with Gasteiger partial charge in [-0.25, -0.2) is 5.43 Å². The van der Waals surface area contributed by atoms with Gasteiger partial charge in [0, 0.05) is 5.56 Å². The summed E-state index contributed by atoms with van der Waals surface area (Å²) in [6.07, 6.45) is 1.34. The summed E-state index contributed by atoms with van der Waals surface area (Å²) in [6.45, 7) is -0.416. The average Bonchev–Trinajstić information content (AvgIpc) is 2.61. The molecule has 0 aliphatic rings. The third kappa shape index (κ3) is 6.45. The van der Waals surface area contributed by atoms with Gasteiger partial charge >= 0.3 is 0 Å². The van der Waals surface area contributed by atoms with Crippen molar-refractivity contribution in [1.29, 1.82) is 0 Å². The Morgan fingerprint density at radius 3 is 2.36 bits per heavy atom. The van der Waals surface area contributed by atoms with Crippen molar-refractivity contribution >= 4 is 41.2 Å². The number of nitrogens with one attached hydrogen (secondary N) is 2. The smallest absolute Gasteiger partial charge is 0.259 e. The van der Waals surface area contributed by atoms with Crippen molar-refractivity contribution in [2.24, 2.45) is 5.10 Å². The lowest BCUT2D eigenvalue weighted by atomic mass is 10.2. The lowest BCUT2D eigenvalue weighted by Gasteiger charge is -2.06. The molecule has 0 aromatic heterocycles. The zero-order valence-corrected chi connectivity index (χ0v) is 14.6. The molecule has 0 radical (unpaired) electrons. The van der Waals surface area contributed by atoms with Crippen molar-refractivity contribution in [3.8, 4) is 5.75 Å². The van der Waals surface area contributed by atoms with E-state index in [9.17, 15) is 9.59 Å².